The fourth-order valence-corrected chi connectivity index (χ4v) is 6.26. The zero-order chi connectivity index (χ0) is 19.0. The van der Waals surface area contributed by atoms with Crippen molar-refractivity contribution in [3.8, 4) is 0 Å². The van der Waals surface area contributed by atoms with E-state index in [-0.39, 0.29) is 29.8 Å². The molecular formula is C21H36N2O4. The molecule has 2 aliphatic heterocycles. The van der Waals surface area contributed by atoms with E-state index in [0.29, 0.717) is 24.4 Å². The molecule has 0 radical (unpaired) electrons. The zero-order valence-corrected chi connectivity index (χ0v) is 16.4. The maximum atomic E-state index is 13.0. The van der Waals surface area contributed by atoms with E-state index in [0.717, 1.165) is 58.3 Å². The smallest absolute Gasteiger partial charge is 0.225 e. The molecular weight excluding hydrogens is 344 g/mol. The lowest BCUT2D eigenvalue weighted by Crippen LogP contribution is -2.50. The molecule has 2 saturated heterocycles. The van der Waals surface area contributed by atoms with Crippen LogP contribution in [0.5, 0.6) is 0 Å². The standard InChI is InChI=1S/C21H36N2O4/c22-11-14-1-4-19-17(9-14)21(13-27-19)5-7-23(8-6-21)20(26)15-2-3-16(12-24)18(25)10-15/h14-19,24-25H,1-13,22H2. The van der Waals surface area contributed by atoms with Crippen LogP contribution in [0.1, 0.15) is 51.4 Å². The summed E-state index contributed by atoms with van der Waals surface area (Å²) in [5.41, 5.74) is 6.19. The Hall–Kier alpha value is -0.690. The van der Waals surface area contributed by atoms with E-state index < -0.39 is 6.10 Å². The molecule has 2 aliphatic carbocycles. The van der Waals surface area contributed by atoms with Gasteiger partial charge in [-0.2, -0.15) is 0 Å². The first-order valence-corrected chi connectivity index (χ1v) is 11.0. The number of fused-ring (bicyclic) bond motifs is 2. The normalized spacial score (nSPS) is 41.5. The SMILES string of the molecule is NCC1CCC2OCC3(CCN(C(=O)C4CCC(CO)C(O)C4)CC3)C2C1. The van der Waals surface area contributed by atoms with E-state index in [1.165, 1.54) is 12.8 Å². The Labute approximate surface area is 162 Å². The van der Waals surface area contributed by atoms with Crippen molar-refractivity contribution >= 4 is 5.91 Å². The van der Waals surface area contributed by atoms with Gasteiger partial charge in [-0.05, 0) is 69.7 Å². The number of ether oxygens (including phenoxy) is 1. The molecule has 4 N–H and O–H groups in total. The van der Waals surface area contributed by atoms with Gasteiger partial charge in [0.1, 0.15) is 0 Å². The first-order chi connectivity index (χ1) is 13.1. The lowest BCUT2D eigenvalue weighted by molar-refractivity contribution is -0.142. The van der Waals surface area contributed by atoms with Crippen molar-refractivity contribution in [2.75, 3.05) is 32.8 Å². The van der Waals surface area contributed by atoms with Crippen LogP contribution < -0.4 is 5.73 Å². The summed E-state index contributed by atoms with van der Waals surface area (Å²) in [4.78, 5) is 15.0. The first kappa shape index (κ1) is 19.6. The third-order valence-electron chi connectivity index (χ3n) is 8.21. The molecule has 6 nitrogen and oxygen atoms in total. The van der Waals surface area contributed by atoms with E-state index in [2.05, 4.69) is 0 Å². The number of aliphatic hydroxyl groups excluding tert-OH is 2. The van der Waals surface area contributed by atoms with Crippen LogP contribution in [0, 0.1) is 29.1 Å². The summed E-state index contributed by atoms with van der Waals surface area (Å²) >= 11 is 0. The lowest BCUT2D eigenvalue weighted by atomic mass is 9.63. The second-order valence-corrected chi connectivity index (χ2v) is 9.58. The molecule has 4 fully saturated rings. The fourth-order valence-electron chi connectivity index (χ4n) is 6.26. The van der Waals surface area contributed by atoms with Gasteiger partial charge in [-0.1, -0.05) is 0 Å². The molecule has 154 valence electrons. The molecule has 4 aliphatic rings. The molecule has 27 heavy (non-hydrogen) atoms. The number of aliphatic hydroxyl groups is 2. The second-order valence-electron chi connectivity index (χ2n) is 9.58. The van der Waals surface area contributed by atoms with Crippen LogP contribution >= 0.6 is 0 Å². The number of likely N-dealkylation sites (tertiary alicyclic amines) is 1. The van der Waals surface area contributed by atoms with E-state index in [4.69, 9.17) is 10.5 Å². The van der Waals surface area contributed by atoms with E-state index in [1.54, 1.807) is 0 Å². The molecule has 0 bridgehead atoms. The quantitative estimate of drug-likeness (QED) is 0.682. The topological polar surface area (TPSA) is 96.0 Å². The van der Waals surface area contributed by atoms with Crippen LogP contribution in [0.3, 0.4) is 0 Å². The van der Waals surface area contributed by atoms with Crippen molar-refractivity contribution in [1.29, 1.82) is 0 Å². The summed E-state index contributed by atoms with van der Waals surface area (Å²) in [6.07, 6.45) is 7.47. The summed E-state index contributed by atoms with van der Waals surface area (Å²) < 4.78 is 6.19. The summed E-state index contributed by atoms with van der Waals surface area (Å²) in [6, 6.07) is 0. The number of amides is 1. The highest BCUT2D eigenvalue weighted by atomic mass is 16.5. The average molecular weight is 381 g/mol. The Bertz CT molecular complexity index is 534. The number of nitrogens with two attached hydrogens (primary N) is 1. The van der Waals surface area contributed by atoms with Crippen molar-refractivity contribution in [2.24, 2.45) is 34.8 Å². The number of rotatable bonds is 3. The van der Waals surface area contributed by atoms with Crippen LogP contribution in [0.15, 0.2) is 0 Å². The molecule has 0 aromatic rings. The highest BCUT2D eigenvalue weighted by molar-refractivity contribution is 5.79. The monoisotopic (exact) mass is 380 g/mol. The number of hydrogen-bond donors (Lipinski definition) is 3. The highest BCUT2D eigenvalue weighted by Gasteiger charge is 2.52. The average Bonchev–Trinajstić information content (AvgIpc) is 3.05. The molecule has 6 heteroatoms. The zero-order valence-electron chi connectivity index (χ0n) is 16.4. The van der Waals surface area contributed by atoms with Crippen LogP contribution in [0.4, 0.5) is 0 Å². The Balaban J connectivity index is 1.34. The highest BCUT2D eigenvalue weighted by Crippen LogP contribution is 2.52. The van der Waals surface area contributed by atoms with E-state index in [1.807, 2.05) is 4.90 Å². The van der Waals surface area contributed by atoms with Crippen molar-refractivity contribution in [3.05, 3.63) is 0 Å². The van der Waals surface area contributed by atoms with Gasteiger partial charge in [-0.3, -0.25) is 4.79 Å². The van der Waals surface area contributed by atoms with Gasteiger partial charge in [0.2, 0.25) is 5.91 Å². The molecule has 1 spiro atoms. The predicted molar refractivity (Wildman–Crippen MR) is 102 cm³/mol. The second kappa shape index (κ2) is 7.97. The lowest BCUT2D eigenvalue weighted by Gasteiger charge is -2.46. The Kier molecular flexibility index (Phi) is 5.79. The summed E-state index contributed by atoms with van der Waals surface area (Å²) in [7, 11) is 0. The van der Waals surface area contributed by atoms with Gasteiger partial charge in [0, 0.05) is 36.9 Å². The Morgan fingerprint density at radius 3 is 2.59 bits per heavy atom. The summed E-state index contributed by atoms with van der Waals surface area (Å²) in [5.74, 6) is 1.31. The molecule has 2 heterocycles. The fraction of sp³-hybridized carbons (Fsp3) is 0.952. The van der Waals surface area contributed by atoms with Gasteiger partial charge < -0.3 is 25.6 Å². The van der Waals surface area contributed by atoms with Gasteiger partial charge >= 0.3 is 0 Å². The van der Waals surface area contributed by atoms with E-state index >= 15 is 0 Å². The third-order valence-corrected chi connectivity index (χ3v) is 8.21. The maximum Gasteiger partial charge on any atom is 0.225 e. The predicted octanol–water partition coefficient (Wildman–Crippen LogP) is 1.14. The van der Waals surface area contributed by atoms with Gasteiger partial charge in [-0.15, -0.1) is 0 Å². The van der Waals surface area contributed by atoms with Crippen LogP contribution in [0.25, 0.3) is 0 Å². The Morgan fingerprint density at radius 1 is 1.15 bits per heavy atom. The summed E-state index contributed by atoms with van der Waals surface area (Å²) in [6.45, 7) is 3.27. The van der Waals surface area contributed by atoms with Gasteiger partial charge in [0.25, 0.3) is 0 Å². The minimum atomic E-state index is -0.548. The minimum Gasteiger partial charge on any atom is -0.396 e. The Morgan fingerprint density at radius 2 is 1.93 bits per heavy atom. The molecule has 0 aromatic heterocycles. The maximum absolute atomic E-state index is 13.0. The number of nitrogens with zero attached hydrogens (tertiary/aromatic N) is 1. The minimum absolute atomic E-state index is 0.0145. The molecule has 6 unspecified atom stereocenters. The number of carbonyl (C=O) groups excluding carboxylic acids is 1. The van der Waals surface area contributed by atoms with Crippen LogP contribution in [-0.2, 0) is 9.53 Å². The number of piperidine rings is 1. The number of hydrogen-bond acceptors (Lipinski definition) is 5. The molecule has 6 atom stereocenters. The summed E-state index contributed by atoms with van der Waals surface area (Å²) in [5, 5.41) is 19.5. The van der Waals surface area contributed by atoms with Crippen molar-refractivity contribution in [3.63, 3.8) is 0 Å². The number of carbonyl (C=O) groups is 1. The first-order valence-electron chi connectivity index (χ1n) is 11.0. The third kappa shape index (κ3) is 3.66. The van der Waals surface area contributed by atoms with Crippen molar-refractivity contribution in [2.45, 2.75) is 63.6 Å². The molecule has 2 saturated carbocycles. The van der Waals surface area contributed by atoms with Gasteiger partial charge in [0.05, 0.1) is 18.8 Å². The van der Waals surface area contributed by atoms with Crippen LogP contribution in [-0.4, -0.2) is 66.1 Å². The molecule has 1 amide bonds. The van der Waals surface area contributed by atoms with Gasteiger partial charge in [-0.25, -0.2) is 0 Å². The molecule has 0 aromatic carbocycles. The van der Waals surface area contributed by atoms with E-state index in [9.17, 15) is 15.0 Å². The molecule has 4 rings (SSSR count). The van der Waals surface area contributed by atoms with Crippen molar-refractivity contribution < 1.29 is 19.7 Å². The van der Waals surface area contributed by atoms with Crippen LogP contribution in [0.2, 0.25) is 0 Å². The largest absolute Gasteiger partial charge is 0.396 e. The van der Waals surface area contributed by atoms with Crippen molar-refractivity contribution in [1.82, 2.24) is 4.90 Å². The van der Waals surface area contributed by atoms with Gasteiger partial charge in [0.15, 0.2) is 0 Å².